The number of nitrogens with one attached hydrogen (secondary N) is 4. The Kier molecular flexibility index (Phi) is 19.9. The molecule has 25 nitrogen and oxygen atoms in total. The van der Waals surface area contributed by atoms with E-state index in [0.717, 1.165) is 21.6 Å². The number of nitrogens with two attached hydrogens (primary N) is 1. The van der Waals surface area contributed by atoms with Gasteiger partial charge in [-0.05, 0) is 116 Å². The summed E-state index contributed by atoms with van der Waals surface area (Å²) in [6, 6.07) is 11.0. The Balaban J connectivity index is 0.832. The van der Waals surface area contributed by atoms with Gasteiger partial charge in [-0.25, -0.2) is 4.79 Å². The summed E-state index contributed by atoms with van der Waals surface area (Å²) in [5, 5.41) is 33.5. The van der Waals surface area contributed by atoms with Crippen molar-refractivity contribution >= 4 is 53.2 Å². The van der Waals surface area contributed by atoms with Gasteiger partial charge in [0, 0.05) is 55.6 Å². The third-order valence-electron chi connectivity index (χ3n) is 16.4. The van der Waals surface area contributed by atoms with Crippen LogP contribution in [0.25, 0.3) is 0 Å². The fraction of sp³-hybridized carbons (Fsp3) is 0.533. The molecule has 3 saturated heterocycles. The molecule has 0 unspecified atom stereocenters. The smallest absolute Gasteiger partial charge is 0.312 e. The molecular weight excluding hydrogens is 1110 g/mol. The summed E-state index contributed by atoms with van der Waals surface area (Å²) < 4.78 is 53.0. The van der Waals surface area contributed by atoms with E-state index in [1.54, 1.807) is 57.2 Å². The van der Waals surface area contributed by atoms with Crippen LogP contribution in [0.3, 0.4) is 0 Å². The first-order chi connectivity index (χ1) is 40.8. The fourth-order valence-electron chi connectivity index (χ4n) is 12.0. The topological polar surface area (TPSA) is 337 Å². The normalized spacial score (nSPS) is 25.2. The molecule has 0 bridgehead atoms. The Morgan fingerprint density at radius 1 is 0.800 bits per heavy atom. The zero-order chi connectivity index (χ0) is 60.6. The number of hydrogen-bond donors (Lipinski definition) is 7. The Morgan fingerprint density at radius 3 is 2.16 bits per heavy atom. The van der Waals surface area contributed by atoms with Crippen molar-refractivity contribution in [3.05, 3.63) is 82.9 Å². The number of carbonyl (C=O) groups excluding carboxylic acids is 8. The Hall–Kier alpha value is -7.84. The molecule has 3 fully saturated rings. The molecule has 5 aliphatic heterocycles. The van der Waals surface area contributed by atoms with Gasteiger partial charge in [0.15, 0.2) is 29.3 Å². The first-order valence-electron chi connectivity index (χ1n) is 28.7. The number of ether oxygens (including phenoxy) is 9. The van der Waals surface area contributed by atoms with Crippen LogP contribution < -0.4 is 50.7 Å². The molecule has 12 atom stereocenters. The van der Waals surface area contributed by atoms with Gasteiger partial charge in [-0.1, -0.05) is 32.4 Å². The summed E-state index contributed by atoms with van der Waals surface area (Å²) >= 11 is 0. The molecule has 25 heteroatoms. The van der Waals surface area contributed by atoms with Crippen LogP contribution in [0, 0.1) is 17.8 Å². The van der Waals surface area contributed by atoms with Crippen molar-refractivity contribution in [3.63, 3.8) is 0 Å². The van der Waals surface area contributed by atoms with Crippen molar-refractivity contribution in [1.82, 2.24) is 20.9 Å². The van der Waals surface area contributed by atoms with Crippen LogP contribution in [-0.2, 0) is 58.9 Å². The highest BCUT2D eigenvalue weighted by Gasteiger charge is 2.55. The maximum atomic E-state index is 14.0. The third kappa shape index (κ3) is 14.3. The summed E-state index contributed by atoms with van der Waals surface area (Å²) in [4.78, 5) is 104. The van der Waals surface area contributed by atoms with E-state index in [-0.39, 0.29) is 113 Å². The number of amides is 7. The number of unbranched alkanes of at least 4 members (excludes halogenated alkanes) is 2. The Bertz CT molecular complexity index is 2980. The number of urea groups is 1. The van der Waals surface area contributed by atoms with Gasteiger partial charge in [0.2, 0.25) is 30.3 Å². The molecule has 9 rings (SSSR count). The Morgan fingerprint density at radius 2 is 1.49 bits per heavy atom. The van der Waals surface area contributed by atoms with E-state index in [1.165, 1.54) is 26.4 Å². The van der Waals surface area contributed by atoms with E-state index in [2.05, 4.69) is 21.3 Å². The highest BCUT2D eigenvalue weighted by atomic mass is 16.7. The summed E-state index contributed by atoms with van der Waals surface area (Å²) in [5.74, 6) is -4.60. The average molecular weight is 1180 g/mol. The van der Waals surface area contributed by atoms with Crippen LogP contribution in [-0.4, -0.2) is 159 Å². The standard InChI is InChI=1S/C60H74N6O19/c1-30(2)52(65-46(67)11-7-6-8-21-66-47(68)17-18-48(66)69)58(74)64-39(10-9-20-62-60(61)76)57(73)63-34-15-12-32(13-16-34)14-19-49(70)85-55-43(77-4)22-33(23-44(55)78-5)50-37-26-41-40(81-29-82-41)24-35(37)36(38-27-80-59(75)51(38)50)25-42-53(71)54(72)56-45(84-42)28-79-31(3)83-56/h12-13,15-18,22-24,26,30-31,36,38-39,42,45,50-54,56,71-72H,6-11,14,19-21,25,27-29H2,1-5H3,(H,63,73)(H,64,74)(H,65,67)(H3,61,62,76)/t31-,36-,38-,39+,42+,45-,50-,51+,52+,53+,54-,56-/m1/s1. The van der Waals surface area contributed by atoms with Gasteiger partial charge in [0.1, 0.15) is 36.5 Å². The summed E-state index contributed by atoms with van der Waals surface area (Å²) in [6.45, 7) is 5.82. The molecule has 0 aromatic heterocycles. The minimum Gasteiger partial charge on any atom is -0.493 e. The quantitative estimate of drug-likeness (QED) is 0.0277. The second kappa shape index (κ2) is 27.5. The molecule has 0 spiro atoms. The number of anilines is 1. The number of cyclic esters (lactones) is 1. The number of aliphatic hydroxyl groups excluding tert-OH is 2. The van der Waals surface area contributed by atoms with Crippen molar-refractivity contribution in [2.24, 2.45) is 23.5 Å². The zero-order valence-electron chi connectivity index (χ0n) is 48.0. The van der Waals surface area contributed by atoms with Gasteiger partial charge in [0.25, 0.3) is 11.8 Å². The molecule has 3 aromatic carbocycles. The average Bonchev–Trinajstić information content (AvgIpc) is 3.81. The van der Waals surface area contributed by atoms with Crippen molar-refractivity contribution in [2.45, 2.75) is 139 Å². The summed E-state index contributed by atoms with van der Waals surface area (Å²) in [5.41, 5.74) is 8.48. The van der Waals surface area contributed by atoms with Crippen LogP contribution in [0.4, 0.5) is 10.5 Å². The van der Waals surface area contributed by atoms with Gasteiger partial charge in [-0.3, -0.25) is 38.5 Å². The number of nitrogens with zero attached hydrogens (tertiary/aromatic N) is 1. The lowest BCUT2D eigenvalue weighted by Crippen LogP contribution is -2.62. The molecule has 0 saturated carbocycles. The predicted molar refractivity (Wildman–Crippen MR) is 299 cm³/mol. The van der Waals surface area contributed by atoms with Crippen LogP contribution in [0.15, 0.2) is 60.7 Å². The molecule has 3 aromatic rings. The molecule has 7 amide bonds. The van der Waals surface area contributed by atoms with Crippen molar-refractivity contribution in [3.8, 4) is 28.7 Å². The zero-order valence-corrected chi connectivity index (χ0v) is 48.0. The number of rotatable bonds is 25. The van der Waals surface area contributed by atoms with Crippen molar-refractivity contribution < 1.29 is 91.2 Å². The van der Waals surface area contributed by atoms with E-state index in [1.807, 2.05) is 12.1 Å². The lowest BCUT2D eigenvalue weighted by Gasteiger charge is -2.48. The maximum absolute atomic E-state index is 14.0. The maximum Gasteiger partial charge on any atom is 0.312 e. The number of fused-ring (bicyclic) bond motifs is 4. The van der Waals surface area contributed by atoms with Gasteiger partial charge in [-0.15, -0.1) is 0 Å². The van der Waals surface area contributed by atoms with Crippen LogP contribution >= 0.6 is 0 Å². The second-order valence-electron chi connectivity index (χ2n) is 22.3. The minimum absolute atomic E-state index is 0.0123. The number of aryl methyl sites for hydroxylation is 1. The molecule has 85 heavy (non-hydrogen) atoms. The first-order valence-corrected chi connectivity index (χ1v) is 28.7. The minimum atomic E-state index is -1.30. The SMILES string of the molecule is COc1cc([C@@H]2c3cc4c(cc3[C@@H](C[C@@H]3O[C@@H]5CO[C@@H](C)O[C@H]5[C@H](O)[C@H]3O)[C@H]3COC(=O)[C@H]23)OCO4)cc(OC)c1OC(=O)CCc1ccc(NC(=O)[C@H](CCCNC(N)=O)NC(=O)[C@@H](NC(=O)CCCCCN2C(=O)C=CC2=O)C(C)C)cc1. The van der Waals surface area contributed by atoms with Gasteiger partial charge < -0.3 is 79.8 Å². The number of primary amides is 1. The summed E-state index contributed by atoms with van der Waals surface area (Å²) in [6.07, 6.45) is -0.610. The van der Waals surface area contributed by atoms with Crippen LogP contribution in [0.1, 0.15) is 106 Å². The molecule has 0 radical (unpaired) electrons. The number of esters is 2. The third-order valence-corrected chi connectivity index (χ3v) is 16.4. The number of carbonyl (C=O) groups is 8. The first kappa shape index (κ1) is 61.7. The molecule has 8 N–H and O–H groups in total. The van der Waals surface area contributed by atoms with E-state index in [9.17, 15) is 48.6 Å². The summed E-state index contributed by atoms with van der Waals surface area (Å²) in [7, 11) is 2.84. The predicted octanol–water partition coefficient (Wildman–Crippen LogP) is 3.13. The number of hydrogen-bond acceptors (Lipinski definition) is 19. The van der Waals surface area contributed by atoms with E-state index < -0.39 is 102 Å². The van der Waals surface area contributed by atoms with Crippen molar-refractivity contribution in [1.29, 1.82) is 0 Å². The number of aliphatic hydroxyl groups is 2. The van der Waals surface area contributed by atoms with Gasteiger partial charge >= 0.3 is 18.0 Å². The fourth-order valence-corrected chi connectivity index (χ4v) is 12.0. The largest absolute Gasteiger partial charge is 0.493 e. The molecule has 5 heterocycles. The van der Waals surface area contributed by atoms with E-state index in [4.69, 9.17) is 48.4 Å². The van der Waals surface area contributed by atoms with Gasteiger partial charge in [-0.2, -0.15) is 0 Å². The lowest BCUT2D eigenvalue weighted by molar-refractivity contribution is -0.321. The molecule has 6 aliphatic rings. The molecule has 1 aliphatic carbocycles. The monoisotopic (exact) mass is 1180 g/mol. The van der Waals surface area contributed by atoms with Gasteiger partial charge in [0.05, 0.1) is 39.5 Å². The second-order valence-corrected chi connectivity index (χ2v) is 22.3. The Labute approximate surface area is 490 Å². The number of methoxy groups -OCH3 is 2. The lowest BCUT2D eigenvalue weighted by atomic mass is 9.61. The van der Waals surface area contributed by atoms with Crippen LogP contribution in [0.5, 0.6) is 28.7 Å². The molecule has 458 valence electrons. The number of benzene rings is 3. The molecular formula is C60H74N6O19. The highest BCUT2D eigenvalue weighted by molar-refractivity contribution is 6.12. The van der Waals surface area contributed by atoms with Crippen molar-refractivity contribution in [2.75, 3.05) is 52.6 Å². The van der Waals surface area contributed by atoms with Crippen LogP contribution in [0.2, 0.25) is 0 Å². The van der Waals surface area contributed by atoms with E-state index in [0.29, 0.717) is 42.0 Å². The highest BCUT2D eigenvalue weighted by Crippen LogP contribution is 2.58. The number of imide groups is 1. The van der Waals surface area contributed by atoms with E-state index >= 15 is 0 Å².